The van der Waals surface area contributed by atoms with Crippen LogP contribution in [0.4, 0.5) is 10.5 Å². The SMILES string of the molecule is Cl.O=C1N[C@H](c2ccc(N3CCCC3)cc2)CCO1. The fraction of sp³-hybridized carbons (Fsp3) is 0.500. The molecular formula is C14H19ClN2O2. The first-order valence-corrected chi connectivity index (χ1v) is 6.61. The molecule has 0 aliphatic carbocycles. The molecule has 1 amide bonds. The largest absolute Gasteiger partial charge is 0.449 e. The molecule has 0 spiro atoms. The Morgan fingerprint density at radius 1 is 1.16 bits per heavy atom. The van der Waals surface area contributed by atoms with Crippen LogP contribution in [0.5, 0.6) is 0 Å². The highest BCUT2D eigenvalue weighted by molar-refractivity contribution is 5.85. The summed E-state index contributed by atoms with van der Waals surface area (Å²) in [5.74, 6) is 0. The van der Waals surface area contributed by atoms with Crippen LogP contribution in [0.25, 0.3) is 0 Å². The summed E-state index contributed by atoms with van der Waals surface area (Å²) in [6, 6.07) is 8.64. The molecule has 2 aliphatic rings. The van der Waals surface area contributed by atoms with E-state index in [0.29, 0.717) is 6.61 Å². The third-order valence-electron chi connectivity index (χ3n) is 3.70. The Balaban J connectivity index is 0.00000133. The topological polar surface area (TPSA) is 41.6 Å². The van der Waals surface area contributed by atoms with Gasteiger partial charge in [-0.1, -0.05) is 12.1 Å². The van der Waals surface area contributed by atoms with Crippen LogP contribution in [-0.4, -0.2) is 25.8 Å². The van der Waals surface area contributed by atoms with Gasteiger partial charge in [0, 0.05) is 25.2 Å². The number of amides is 1. The van der Waals surface area contributed by atoms with Gasteiger partial charge < -0.3 is 15.0 Å². The number of carbonyl (C=O) groups is 1. The predicted molar refractivity (Wildman–Crippen MR) is 77.0 cm³/mol. The molecule has 1 atom stereocenters. The summed E-state index contributed by atoms with van der Waals surface area (Å²) in [5, 5.41) is 2.85. The van der Waals surface area contributed by atoms with Crippen LogP contribution in [0.1, 0.15) is 30.9 Å². The Kier molecular flexibility index (Phi) is 4.53. The number of hydrogen-bond donors (Lipinski definition) is 1. The first-order chi connectivity index (χ1) is 8.83. The van der Waals surface area contributed by atoms with Crippen LogP contribution >= 0.6 is 12.4 Å². The Morgan fingerprint density at radius 3 is 2.47 bits per heavy atom. The summed E-state index contributed by atoms with van der Waals surface area (Å²) in [4.78, 5) is 13.6. The zero-order valence-electron chi connectivity index (χ0n) is 10.8. The standard InChI is InChI=1S/C14H18N2O2.ClH/c17-14-15-13(7-10-18-14)11-3-5-12(6-4-11)16-8-1-2-9-16;/h3-6,13H,1-2,7-10H2,(H,15,17);1H/t13-;/m0./s1. The highest BCUT2D eigenvalue weighted by Crippen LogP contribution is 2.25. The van der Waals surface area contributed by atoms with E-state index < -0.39 is 0 Å². The van der Waals surface area contributed by atoms with Crippen molar-refractivity contribution < 1.29 is 9.53 Å². The molecule has 1 N–H and O–H groups in total. The van der Waals surface area contributed by atoms with Gasteiger partial charge in [-0.15, -0.1) is 12.4 Å². The fourth-order valence-corrected chi connectivity index (χ4v) is 2.67. The molecule has 0 radical (unpaired) electrons. The van der Waals surface area contributed by atoms with Gasteiger partial charge in [0.25, 0.3) is 0 Å². The molecule has 5 heteroatoms. The molecule has 1 aromatic rings. The van der Waals surface area contributed by atoms with Crippen molar-refractivity contribution in [1.82, 2.24) is 5.32 Å². The summed E-state index contributed by atoms with van der Waals surface area (Å²) >= 11 is 0. The van der Waals surface area contributed by atoms with Crippen LogP contribution in [0, 0.1) is 0 Å². The molecule has 0 unspecified atom stereocenters. The van der Waals surface area contributed by atoms with Gasteiger partial charge in [0.05, 0.1) is 12.6 Å². The molecule has 19 heavy (non-hydrogen) atoms. The van der Waals surface area contributed by atoms with Crippen LogP contribution in [0.3, 0.4) is 0 Å². The van der Waals surface area contributed by atoms with Crippen molar-refractivity contribution in [2.24, 2.45) is 0 Å². The van der Waals surface area contributed by atoms with Crippen molar-refractivity contribution in [2.45, 2.75) is 25.3 Å². The van der Waals surface area contributed by atoms with E-state index in [2.05, 4.69) is 34.5 Å². The molecular weight excluding hydrogens is 264 g/mol. The molecule has 0 aromatic heterocycles. The van der Waals surface area contributed by atoms with Gasteiger partial charge in [0.15, 0.2) is 0 Å². The number of halogens is 1. The maximum atomic E-state index is 11.2. The second kappa shape index (κ2) is 6.15. The van der Waals surface area contributed by atoms with Crippen molar-refractivity contribution in [1.29, 1.82) is 0 Å². The summed E-state index contributed by atoms with van der Waals surface area (Å²) in [5.41, 5.74) is 2.45. The number of anilines is 1. The molecule has 2 heterocycles. The van der Waals surface area contributed by atoms with Gasteiger partial charge in [-0.2, -0.15) is 0 Å². The Labute approximate surface area is 119 Å². The van der Waals surface area contributed by atoms with E-state index in [4.69, 9.17) is 4.74 Å². The van der Waals surface area contributed by atoms with Crippen molar-refractivity contribution >= 4 is 24.2 Å². The third kappa shape index (κ3) is 3.13. The molecule has 104 valence electrons. The molecule has 3 rings (SSSR count). The second-order valence-electron chi connectivity index (χ2n) is 4.91. The lowest BCUT2D eigenvalue weighted by atomic mass is 10.0. The predicted octanol–water partition coefficient (Wildman–Crippen LogP) is 2.88. The summed E-state index contributed by atoms with van der Waals surface area (Å²) in [6.07, 6.45) is 3.11. The minimum Gasteiger partial charge on any atom is -0.449 e. The number of benzene rings is 1. The lowest BCUT2D eigenvalue weighted by Crippen LogP contribution is -2.35. The third-order valence-corrected chi connectivity index (χ3v) is 3.70. The van der Waals surface area contributed by atoms with Gasteiger partial charge in [-0.25, -0.2) is 4.79 Å². The zero-order chi connectivity index (χ0) is 12.4. The van der Waals surface area contributed by atoms with Crippen LogP contribution < -0.4 is 10.2 Å². The molecule has 4 nitrogen and oxygen atoms in total. The number of ether oxygens (including phenoxy) is 1. The maximum absolute atomic E-state index is 11.2. The Bertz CT molecular complexity index is 430. The maximum Gasteiger partial charge on any atom is 0.407 e. The van der Waals surface area contributed by atoms with Crippen molar-refractivity contribution in [3.63, 3.8) is 0 Å². The van der Waals surface area contributed by atoms with Gasteiger partial charge in [0.1, 0.15) is 0 Å². The van der Waals surface area contributed by atoms with E-state index in [1.165, 1.54) is 18.5 Å². The molecule has 1 aromatic carbocycles. The second-order valence-corrected chi connectivity index (χ2v) is 4.91. The van der Waals surface area contributed by atoms with Crippen LogP contribution in [0.2, 0.25) is 0 Å². The molecule has 0 saturated carbocycles. The molecule has 0 bridgehead atoms. The monoisotopic (exact) mass is 282 g/mol. The van der Waals surface area contributed by atoms with E-state index in [1.54, 1.807) is 0 Å². The highest BCUT2D eigenvalue weighted by Gasteiger charge is 2.21. The van der Waals surface area contributed by atoms with Crippen LogP contribution in [-0.2, 0) is 4.74 Å². The summed E-state index contributed by atoms with van der Waals surface area (Å²) in [7, 11) is 0. The first-order valence-electron chi connectivity index (χ1n) is 6.61. The lowest BCUT2D eigenvalue weighted by Gasteiger charge is -2.24. The summed E-state index contributed by atoms with van der Waals surface area (Å²) in [6.45, 7) is 2.82. The fourth-order valence-electron chi connectivity index (χ4n) is 2.67. The zero-order valence-corrected chi connectivity index (χ0v) is 11.6. The smallest absolute Gasteiger partial charge is 0.407 e. The van der Waals surface area contributed by atoms with Crippen molar-refractivity contribution in [3.8, 4) is 0 Å². The normalized spacial score (nSPS) is 22.4. The molecule has 2 saturated heterocycles. The number of hydrogen-bond acceptors (Lipinski definition) is 3. The minimum absolute atomic E-state index is 0. The number of nitrogens with one attached hydrogen (secondary N) is 1. The Hall–Kier alpha value is -1.42. The number of rotatable bonds is 2. The van der Waals surface area contributed by atoms with Gasteiger partial charge >= 0.3 is 6.09 Å². The van der Waals surface area contributed by atoms with E-state index in [-0.39, 0.29) is 24.5 Å². The van der Waals surface area contributed by atoms with Crippen molar-refractivity contribution in [3.05, 3.63) is 29.8 Å². The van der Waals surface area contributed by atoms with Gasteiger partial charge in [0.2, 0.25) is 0 Å². The number of nitrogens with zero attached hydrogens (tertiary/aromatic N) is 1. The molecule has 2 aliphatic heterocycles. The summed E-state index contributed by atoms with van der Waals surface area (Å²) < 4.78 is 4.88. The molecule has 2 fully saturated rings. The van der Waals surface area contributed by atoms with Crippen LogP contribution in [0.15, 0.2) is 24.3 Å². The first kappa shape index (κ1) is 14.0. The van der Waals surface area contributed by atoms with Crippen molar-refractivity contribution in [2.75, 3.05) is 24.6 Å². The quantitative estimate of drug-likeness (QED) is 0.907. The highest BCUT2D eigenvalue weighted by atomic mass is 35.5. The number of carbonyl (C=O) groups excluding carboxylic acids is 1. The minimum atomic E-state index is -0.310. The lowest BCUT2D eigenvalue weighted by molar-refractivity contribution is 0.115. The number of cyclic esters (lactones) is 1. The average Bonchev–Trinajstić information content (AvgIpc) is 2.93. The average molecular weight is 283 g/mol. The number of alkyl carbamates (subject to hydrolysis) is 1. The Morgan fingerprint density at radius 2 is 1.84 bits per heavy atom. The van der Waals surface area contributed by atoms with E-state index in [9.17, 15) is 4.79 Å². The van der Waals surface area contributed by atoms with E-state index >= 15 is 0 Å². The van der Waals surface area contributed by atoms with Gasteiger partial charge in [-0.3, -0.25) is 0 Å². The van der Waals surface area contributed by atoms with E-state index in [0.717, 1.165) is 25.1 Å². The van der Waals surface area contributed by atoms with Gasteiger partial charge in [-0.05, 0) is 30.5 Å². The van der Waals surface area contributed by atoms with E-state index in [1.807, 2.05) is 0 Å².